The van der Waals surface area contributed by atoms with Gasteiger partial charge < -0.3 is 16.0 Å². The van der Waals surface area contributed by atoms with Gasteiger partial charge in [0.15, 0.2) is 5.96 Å². The van der Waals surface area contributed by atoms with Crippen LogP contribution in [0.25, 0.3) is 0 Å². The highest BCUT2D eigenvalue weighted by Gasteiger charge is 2.00. The number of nitrogens with one attached hydrogen (secondary N) is 3. The molecule has 5 nitrogen and oxygen atoms in total. The highest BCUT2D eigenvalue weighted by Crippen LogP contribution is 2.10. The van der Waals surface area contributed by atoms with Crippen molar-refractivity contribution >= 4 is 23.0 Å². The predicted molar refractivity (Wildman–Crippen MR) is 99.5 cm³/mol. The van der Waals surface area contributed by atoms with Crippen molar-refractivity contribution in [3.05, 3.63) is 46.4 Å². The van der Waals surface area contributed by atoms with Gasteiger partial charge in [0.25, 0.3) is 0 Å². The van der Waals surface area contributed by atoms with E-state index in [2.05, 4.69) is 45.0 Å². The van der Waals surface area contributed by atoms with Crippen molar-refractivity contribution in [3.8, 4) is 0 Å². The number of thiazole rings is 1. The molecule has 6 heteroatoms. The molecule has 0 atom stereocenters. The molecule has 0 aliphatic rings. The lowest BCUT2D eigenvalue weighted by molar-refractivity contribution is 0.756. The lowest BCUT2D eigenvalue weighted by Crippen LogP contribution is -2.39. The van der Waals surface area contributed by atoms with Crippen molar-refractivity contribution in [2.75, 3.05) is 32.0 Å². The Bertz CT molecular complexity index is 594. The summed E-state index contributed by atoms with van der Waals surface area (Å²) in [5.74, 6) is 0.845. The predicted octanol–water partition coefficient (Wildman–Crippen LogP) is 2.66. The SMILES string of the molecule is CN=C(NCCCNc1ccccc1)NCCc1ncc(C)s1. The highest BCUT2D eigenvalue weighted by atomic mass is 32.1. The third kappa shape index (κ3) is 6.69. The van der Waals surface area contributed by atoms with Gasteiger partial charge in [0, 0.05) is 49.9 Å². The number of rotatable bonds is 8. The summed E-state index contributed by atoms with van der Waals surface area (Å²) in [7, 11) is 1.80. The zero-order valence-corrected chi connectivity index (χ0v) is 14.6. The zero-order valence-electron chi connectivity index (χ0n) is 13.8. The van der Waals surface area contributed by atoms with Gasteiger partial charge in [-0.05, 0) is 25.5 Å². The van der Waals surface area contributed by atoms with E-state index >= 15 is 0 Å². The zero-order chi connectivity index (χ0) is 16.3. The van der Waals surface area contributed by atoms with Gasteiger partial charge in [-0.25, -0.2) is 4.98 Å². The Morgan fingerprint density at radius 2 is 1.91 bits per heavy atom. The minimum absolute atomic E-state index is 0.842. The summed E-state index contributed by atoms with van der Waals surface area (Å²) < 4.78 is 0. The van der Waals surface area contributed by atoms with Crippen molar-refractivity contribution in [1.29, 1.82) is 0 Å². The van der Waals surface area contributed by atoms with E-state index in [-0.39, 0.29) is 0 Å². The molecule has 3 N–H and O–H groups in total. The number of anilines is 1. The van der Waals surface area contributed by atoms with Gasteiger partial charge in [0.05, 0.1) is 5.01 Å². The Kier molecular flexibility index (Phi) is 7.39. The van der Waals surface area contributed by atoms with Crippen LogP contribution in [0.2, 0.25) is 0 Å². The average Bonchev–Trinajstić information content (AvgIpc) is 2.99. The second-order valence-corrected chi connectivity index (χ2v) is 6.51. The van der Waals surface area contributed by atoms with Crippen LogP contribution in [0, 0.1) is 6.92 Å². The molecule has 2 aromatic rings. The number of hydrogen-bond donors (Lipinski definition) is 3. The summed E-state index contributed by atoms with van der Waals surface area (Å²) in [6, 6.07) is 10.3. The number of nitrogens with zero attached hydrogens (tertiary/aromatic N) is 2. The molecule has 0 spiro atoms. The fourth-order valence-corrected chi connectivity index (χ4v) is 2.90. The smallest absolute Gasteiger partial charge is 0.190 e. The maximum absolute atomic E-state index is 4.36. The lowest BCUT2D eigenvalue weighted by atomic mass is 10.3. The van der Waals surface area contributed by atoms with Crippen LogP contribution in [-0.4, -0.2) is 37.6 Å². The van der Waals surface area contributed by atoms with Gasteiger partial charge in [0.1, 0.15) is 0 Å². The highest BCUT2D eigenvalue weighted by molar-refractivity contribution is 7.11. The number of hydrogen-bond acceptors (Lipinski definition) is 4. The number of aromatic nitrogens is 1. The molecule has 0 aliphatic carbocycles. The molecule has 0 amide bonds. The van der Waals surface area contributed by atoms with Crippen LogP contribution >= 0.6 is 11.3 Å². The van der Waals surface area contributed by atoms with Gasteiger partial charge >= 0.3 is 0 Å². The molecule has 0 bridgehead atoms. The first-order chi connectivity index (χ1) is 11.3. The molecule has 23 heavy (non-hydrogen) atoms. The Labute approximate surface area is 142 Å². The van der Waals surface area contributed by atoms with Crippen molar-refractivity contribution in [1.82, 2.24) is 15.6 Å². The second kappa shape index (κ2) is 9.84. The average molecular weight is 331 g/mol. The van der Waals surface area contributed by atoms with Gasteiger partial charge in [-0.2, -0.15) is 0 Å². The Hall–Kier alpha value is -2.08. The molecule has 1 aromatic carbocycles. The van der Waals surface area contributed by atoms with Crippen LogP contribution in [0.1, 0.15) is 16.3 Å². The summed E-state index contributed by atoms with van der Waals surface area (Å²) in [5, 5.41) is 11.2. The molecule has 0 saturated carbocycles. The quantitative estimate of drug-likeness (QED) is 0.395. The van der Waals surface area contributed by atoms with E-state index in [1.165, 1.54) is 4.88 Å². The third-order valence-electron chi connectivity index (χ3n) is 3.27. The van der Waals surface area contributed by atoms with E-state index < -0.39 is 0 Å². The third-order valence-corrected chi connectivity index (χ3v) is 4.25. The number of aliphatic imine (C=N–C) groups is 1. The van der Waals surface area contributed by atoms with Crippen LogP contribution in [0.4, 0.5) is 5.69 Å². The minimum atomic E-state index is 0.842. The first kappa shape index (κ1) is 17.3. The second-order valence-electron chi connectivity index (χ2n) is 5.19. The molecule has 0 radical (unpaired) electrons. The lowest BCUT2D eigenvalue weighted by Gasteiger charge is -2.12. The number of para-hydroxylation sites is 1. The molecule has 2 rings (SSSR count). The molecule has 1 aromatic heterocycles. The van der Waals surface area contributed by atoms with E-state index in [1.54, 1.807) is 18.4 Å². The monoisotopic (exact) mass is 331 g/mol. The van der Waals surface area contributed by atoms with Crippen LogP contribution in [-0.2, 0) is 6.42 Å². The van der Waals surface area contributed by atoms with Crippen molar-refractivity contribution < 1.29 is 0 Å². The van der Waals surface area contributed by atoms with Crippen LogP contribution in [0.15, 0.2) is 41.5 Å². The molecule has 0 aliphatic heterocycles. The first-order valence-electron chi connectivity index (χ1n) is 7.92. The molecule has 124 valence electrons. The fourth-order valence-electron chi connectivity index (χ4n) is 2.11. The van der Waals surface area contributed by atoms with Gasteiger partial charge in [0.2, 0.25) is 0 Å². The number of guanidine groups is 1. The van der Waals surface area contributed by atoms with E-state index in [1.807, 2.05) is 24.4 Å². The summed E-state index contributed by atoms with van der Waals surface area (Å²) in [4.78, 5) is 9.86. The summed E-state index contributed by atoms with van der Waals surface area (Å²) in [6.07, 6.45) is 3.88. The first-order valence-corrected chi connectivity index (χ1v) is 8.74. The standard InChI is InChI=1S/C17H25N5S/c1-14-13-22-16(23-14)9-12-21-17(18-2)20-11-6-10-19-15-7-4-3-5-8-15/h3-5,7-8,13,19H,6,9-12H2,1-2H3,(H2,18,20,21). The maximum Gasteiger partial charge on any atom is 0.190 e. The fraction of sp³-hybridized carbons (Fsp3) is 0.412. The Morgan fingerprint density at radius 1 is 1.13 bits per heavy atom. The molecule has 0 fully saturated rings. The van der Waals surface area contributed by atoms with Crippen molar-refractivity contribution in [3.63, 3.8) is 0 Å². The van der Waals surface area contributed by atoms with Crippen molar-refractivity contribution in [2.24, 2.45) is 4.99 Å². The Morgan fingerprint density at radius 3 is 2.61 bits per heavy atom. The van der Waals surface area contributed by atoms with Crippen LogP contribution in [0.3, 0.4) is 0 Å². The summed E-state index contributed by atoms with van der Waals surface area (Å²) in [5.41, 5.74) is 1.16. The topological polar surface area (TPSA) is 61.3 Å². The van der Waals surface area contributed by atoms with Gasteiger partial charge in [-0.3, -0.25) is 4.99 Å². The van der Waals surface area contributed by atoms with Gasteiger partial charge in [-0.15, -0.1) is 11.3 Å². The summed E-state index contributed by atoms with van der Waals surface area (Å²) in [6.45, 7) is 4.75. The molecule has 0 saturated heterocycles. The van der Waals surface area contributed by atoms with E-state index in [0.717, 1.165) is 49.1 Å². The maximum atomic E-state index is 4.36. The van der Waals surface area contributed by atoms with E-state index in [4.69, 9.17) is 0 Å². The summed E-state index contributed by atoms with van der Waals surface area (Å²) >= 11 is 1.75. The molecule has 1 heterocycles. The normalized spacial score (nSPS) is 11.3. The molecular weight excluding hydrogens is 306 g/mol. The molecule has 0 unspecified atom stereocenters. The Balaban J connectivity index is 1.56. The van der Waals surface area contributed by atoms with Crippen molar-refractivity contribution in [2.45, 2.75) is 19.8 Å². The molecular formula is C17H25N5S. The van der Waals surface area contributed by atoms with Gasteiger partial charge in [-0.1, -0.05) is 18.2 Å². The van der Waals surface area contributed by atoms with Crippen LogP contribution in [0.5, 0.6) is 0 Å². The number of benzene rings is 1. The van der Waals surface area contributed by atoms with Crippen LogP contribution < -0.4 is 16.0 Å². The minimum Gasteiger partial charge on any atom is -0.385 e. The largest absolute Gasteiger partial charge is 0.385 e. The number of aryl methyl sites for hydroxylation is 1. The van der Waals surface area contributed by atoms with E-state index in [0.29, 0.717) is 0 Å². The van der Waals surface area contributed by atoms with E-state index in [9.17, 15) is 0 Å².